The molecule has 218 valence electrons. The zero-order valence-corrected chi connectivity index (χ0v) is 26.0. The molecule has 10 aromatic rings. The lowest BCUT2D eigenvalue weighted by Gasteiger charge is -2.13. The first-order valence-electron chi connectivity index (χ1n) is 15.8. The van der Waals surface area contributed by atoms with Gasteiger partial charge in [-0.2, -0.15) is 0 Å². The molecule has 0 aliphatic carbocycles. The largest absolute Gasteiger partial charge is 0.247 e. The summed E-state index contributed by atoms with van der Waals surface area (Å²) in [7, 11) is 0. The third kappa shape index (κ3) is 4.16. The van der Waals surface area contributed by atoms with E-state index in [0.717, 1.165) is 66.5 Å². The van der Waals surface area contributed by atoms with E-state index in [0.29, 0.717) is 0 Å². The van der Waals surface area contributed by atoms with Crippen molar-refractivity contribution < 1.29 is 0 Å². The Kier molecular flexibility index (Phi) is 5.74. The summed E-state index contributed by atoms with van der Waals surface area (Å²) in [6, 6.07) is 53.5. The zero-order valence-electron chi connectivity index (χ0n) is 25.2. The van der Waals surface area contributed by atoms with Crippen molar-refractivity contribution in [2.24, 2.45) is 0 Å². The van der Waals surface area contributed by atoms with Crippen molar-refractivity contribution in [2.75, 3.05) is 0 Å². The third-order valence-electron chi connectivity index (χ3n) is 9.23. The predicted octanol–water partition coefficient (Wildman–Crippen LogP) is 11.9. The van der Waals surface area contributed by atoms with Crippen molar-refractivity contribution in [3.8, 4) is 33.8 Å². The first kappa shape index (κ1) is 26.3. The van der Waals surface area contributed by atoms with Gasteiger partial charge in [0.2, 0.25) is 0 Å². The lowest BCUT2D eigenvalue weighted by Crippen LogP contribution is -1.93. The van der Waals surface area contributed by atoms with E-state index >= 15 is 0 Å². The van der Waals surface area contributed by atoms with Crippen LogP contribution < -0.4 is 0 Å². The van der Waals surface area contributed by atoms with Gasteiger partial charge in [0.15, 0.2) is 0 Å². The van der Waals surface area contributed by atoms with Gasteiger partial charge in [0.1, 0.15) is 0 Å². The molecule has 0 N–H and O–H groups in total. The Morgan fingerprint density at radius 2 is 1.00 bits per heavy atom. The van der Waals surface area contributed by atoms with Crippen molar-refractivity contribution in [1.29, 1.82) is 0 Å². The highest BCUT2D eigenvalue weighted by atomic mass is 32.1. The van der Waals surface area contributed by atoms with E-state index in [2.05, 4.69) is 133 Å². The lowest BCUT2D eigenvalue weighted by molar-refractivity contribution is 1.36. The minimum absolute atomic E-state index is 0.903. The van der Waals surface area contributed by atoms with Crippen LogP contribution in [0.25, 0.3) is 97.4 Å². The quantitative estimate of drug-likeness (QED) is 0.186. The molecule has 4 heterocycles. The molecule has 0 saturated carbocycles. The van der Waals surface area contributed by atoms with E-state index in [4.69, 9.17) is 15.0 Å². The minimum atomic E-state index is 0.903. The van der Waals surface area contributed by atoms with Crippen molar-refractivity contribution >= 4 is 75.0 Å². The van der Waals surface area contributed by atoms with Crippen molar-refractivity contribution in [3.63, 3.8) is 0 Å². The lowest BCUT2D eigenvalue weighted by atomic mass is 9.95. The average Bonchev–Trinajstić information content (AvgIpc) is 3.53. The molecule has 47 heavy (non-hydrogen) atoms. The molecule has 4 heteroatoms. The highest BCUT2D eigenvalue weighted by molar-refractivity contribution is 7.26. The van der Waals surface area contributed by atoms with Gasteiger partial charge in [0.25, 0.3) is 0 Å². The fraction of sp³-hybridized carbons (Fsp3) is 0. The van der Waals surface area contributed by atoms with E-state index in [1.807, 2.05) is 29.5 Å². The molecule has 0 fully saturated rings. The smallest absolute Gasteiger partial charge is 0.0972 e. The summed E-state index contributed by atoms with van der Waals surface area (Å²) >= 11 is 1.85. The van der Waals surface area contributed by atoms with Crippen molar-refractivity contribution in [2.45, 2.75) is 0 Å². The van der Waals surface area contributed by atoms with Gasteiger partial charge in [-0.05, 0) is 30.3 Å². The summed E-state index contributed by atoms with van der Waals surface area (Å²) in [6.45, 7) is 0. The molecule has 4 aromatic heterocycles. The Morgan fingerprint density at radius 3 is 1.74 bits per heavy atom. The molecule has 10 rings (SSSR count). The molecular weight excluding hydrogens is 591 g/mol. The maximum atomic E-state index is 5.35. The van der Waals surface area contributed by atoms with Crippen LogP contribution in [0.4, 0.5) is 0 Å². The van der Waals surface area contributed by atoms with Gasteiger partial charge in [-0.25, -0.2) is 15.0 Å². The molecule has 0 aliphatic rings. The highest BCUT2D eigenvalue weighted by Crippen LogP contribution is 2.44. The van der Waals surface area contributed by atoms with Gasteiger partial charge < -0.3 is 0 Å². The molecule has 0 spiro atoms. The second kappa shape index (κ2) is 10.3. The van der Waals surface area contributed by atoms with Crippen LogP contribution in [-0.4, -0.2) is 15.0 Å². The van der Waals surface area contributed by atoms with E-state index in [9.17, 15) is 0 Å². The van der Waals surface area contributed by atoms with Crippen LogP contribution >= 0.6 is 11.3 Å². The molecule has 0 saturated heterocycles. The van der Waals surface area contributed by atoms with E-state index in [1.165, 1.54) is 30.9 Å². The van der Waals surface area contributed by atoms with E-state index < -0.39 is 0 Å². The normalized spacial score (nSPS) is 11.8. The molecular formula is C43H25N3S. The standard InChI is InChI=1S/C43H25N3S/c1-3-9-26(10-4-1)34-22-18-28-15-16-29-19-23-35(45-43(29)42(28)44-34)30-17-20-31-36(25-30)46-41(27-11-5-2-6-12-27)33-21-24-38-40(39(31)33)32-13-7-8-14-37(32)47-38/h1-25H. The zero-order chi connectivity index (χ0) is 30.9. The van der Waals surface area contributed by atoms with Gasteiger partial charge in [-0.15, -0.1) is 11.3 Å². The molecule has 3 nitrogen and oxygen atoms in total. The summed E-state index contributed by atoms with van der Waals surface area (Å²) in [4.78, 5) is 15.7. The number of hydrogen-bond acceptors (Lipinski definition) is 4. The second-order valence-electron chi connectivity index (χ2n) is 12.0. The number of aromatic nitrogens is 3. The monoisotopic (exact) mass is 615 g/mol. The van der Waals surface area contributed by atoms with Gasteiger partial charge in [-0.3, -0.25) is 0 Å². The summed E-state index contributed by atoms with van der Waals surface area (Å²) in [5, 5.41) is 8.32. The van der Waals surface area contributed by atoms with Gasteiger partial charge in [-0.1, -0.05) is 121 Å². The first-order valence-corrected chi connectivity index (χ1v) is 16.6. The molecule has 0 unspecified atom stereocenters. The third-order valence-corrected chi connectivity index (χ3v) is 10.4. The number of rotatable bonds is 3. The second-order valence-corrected chi connectivity index (χ2v) is 13.1. The van der Waals surface area contributed by atoms with Crippen LogP contribution in [-0.2, 0) is 0 Å². The van der Waals surface area contributed by atoms with Gasteiger partial charge in [0, 0.05) is 63.8 Å². The Balaban J connectivity index is 1.23. The highest BCUT2D eigenvalue weighted by Gasteiger charge is 2.17. The van der Waals surface area contributed by atoms with Crippen LogP contribution in [0.5, 0.6) is 0 Å². The van der Waals surface area contributed by atoms with Crippen LogP contribution in [0.15, 0.2) is 152 Å². The van der Waals surface area contributed by atoms with Crippen LogP contribution in [0.2, 0.25) is 0 Å². The minimum Gasteiger partial charge on any atom is -0.247 e. The van der Waals surface area contributed by atoms with Gasteiger partial charge >= 0.3 is 0 Å². The molecule has 0 aliphatic heterocycles. The fourth-order valence-corrected chi connectivity index (χ4v) is 8.10. The topological polar surface area (TPSA) is 38.7 Å². The van der Waals surface area contributed by atoms with E-state index in [1.54, 1.807) is 0 Å². The SMILES string of the molecule is c1ccc(-c2ccc3ccc4ccc(-c5ccc6c(c5)nc(-c5ccccc5)c5ccc7sc8ccccc8c7c56)nc4c3n2)cc1. The summed E-state index contributed by atoms with van der Waals surface area (Å²) in [5.41, 5.74) is 8.86. The van der Waals surface area contributed by atoms with Crippen LogP contribution in [0.1, 0.15) is 0 Å². The maximum absolute atomic E-state index is 5.35. The number of fused-ring (bicyclic) bond motifs is 10. The van der Waals surface area contributed by atoms with Crippen molar-refractivity contribution in [3.05, 3.63) is 152 Å². The number of nitrogens with zero attached hydrogens (tertiary/aromatic N) is 3. The predicted molar refractivity (Wildman–Crippen MR) is 199 cm³/mol. The molecule has 0 atom stereocenters. The molecule has 6 aromatic carbocycles. The number of pyridine rings is 3. The Bertz CT molecular complexity index is 2840. The number of thiophene rings is 1. The fourth-order valence-electron chi connectivity index (χ4n) is 6.98. The van der Waals surface area contributed by atoms with Crippen molar-refractivity contribution in [1.82, 2.24) is 15.0 Å². The Hall–Kier alpha value is -5.97. The van der Waals surface area contributed by atoms with Crippen LogP contribution in [0.3, 0.4) is 0 Å². The molecule has 0 amide bonds. The first-order chi connectivity index (χ1) is 23.3. The Morgan fingerprint density at radius 1 is 0.383 bits per heavy atom. The van der Waals surface area contributed by atoms with E-state index in [-0.39, 0.29) is 0 Å². The Labute approximate surface area is 274 Å². The van der Waals surface area contributed by atoms with Gasteiger partial charge in [0.05, 0.1) is 33.6 Å². The summed E-state index contributed by atoms with van der Waals surface area (Å²) < 4.78 is 2.59. The number of benzene rings is 6. The summed E-state index contributed by atoms with van der Waals surface area (Å²) in [5.74, 6) is 0. The van der Waals surface area contributed by atoms with Crippen LogP contribution in [0, 0.1) is 0 Å². The number of hydrogen-bond donors (Lipinski definition) is 0. The maximum Gasteiger partial charge on any atom is 0.0972 e. The summed E-state index contributed by atoms with van der Waals surface area (Å²) in [6.07, 6.45) is 0. The molecule has 0 bridgehead atoms. The molecule has 0 radical (unpaired) electrons. The average molecular weight is 616 g/mol.